The van der Waals surface area contributed by atoms with E-state index in [1.54, 1.807) is 13.4 Å². The SMILES string of the molecule is CCNC(=NCCc1ccco1)N1CCN(c2ccc(OC)cc2)CC1. The van der Waals surface area contributed by atoms with Gasteiger partial charge in [-0.25, -0.2) is 0 Å². The lowest BCUT2D eigenvalue weighted by Gasteiger charge is -2.37. The molecule has 140 valence electrons. The summed E-state index contributed by atoms with van der Waals surface area (Å²) in [6.07, 6.45) is 2.54. The molecule has 0 aliphatic carbocycles. The zero-order chi connectivity index (χ0) is 18.2. The molecule has 1 saturated heterocycles. The van der Waals surface area contributed by atoms with Gasteiger partial charge >= 0.3 is 0 Å². The molecule has 3 rings (SSSR count). The minimum atomic E-state index is 0.731. The van der Waals surface area contributed by atoms with Crippen molar-refractivity contribution in [1.82, 2.24) is 10.2 Å². The van der Waals surface area contributed by atoms with Crippen LogP contribution in [0.3, 0.4) is 0 Å². The van der Waals surface area contributed by atoms with Crippen molar-refractivity contribution in [2.24, 2.45) is 4.99 Å². The lowest BCUT2D eigenvalue weighted by Crippen LogP contribution is -2.52. The first kappa shape index (κ1) is 18.2. The number of anilines is 1. The topological polar surface area (TPSA) is 53.2 Å². The molecule has 0 saturated carbocycles. The predicted octanol–water partition coefficient (Wildman–Crippen LogP) is 2.62. The maximum atomic E-state index is 5.38. The summed E-state index contributed by atoms with van der Waals surface area (Å²) in [7, 11) is 1.70. The highest BCUT2D eigenvalue weighted by Crippen LogP contribution is 2.20. The third-order valence-corrected chi connectivity index (χ3v) is 4.55. The van der Waals surface area contributed by atoms with Crippen molar-refractivity contribution in [2.75, 3.05) is 51.3 Å². The van der Waals surface area contributed by atoms with Crippen LogP contribution < -0.4 is 15.0 Å². The fourth-order valence-corrected chi connectivity index (χ4v) is 3.12. The molecule has 0 radical (unpaired) electrons. The molecule has 0 amide bonds. The molecule has 2 heterocycles. The van der Waals surface area contributed by atoms with E-state index in [9.17, 15) is 0 Å². The quantitative estimate of drug-likeness (QED) is 0.637. The van der Waals surface area contributed by atoms with Gasteiger partial charge in [-0.2, -0.15) is 0 Å². The zero-order valence-electron chi connectivity index (χ0n) is 15.6. The molecule has 6 nitrogen and oxygen atoms in total. The molecule has 1 aromatic carbocycles. The van der Waals surface area contributed by atoms with Crippen LogP contribution in [0.15, 0.2) is 52.1 Å². The number of ether oxygens (including phenoxy) is 1. The van der Waals surface area contributed by atoms with Gasteiger partial charge in [-0.15, -0.1) is 0 Å². The fourth-order valence-electron chi connectivity index (χ4n) is 3.12. The molecule has 1 aromatic heterocycles. The number of nitrogens with zero attached hydrogens (tertiary/aromatic N) is 3. The number of guanidine groups is 1. The second-order valence-corrected chi connectivity index (χ2v) is 6.24. The van der Waals surface area contributed by atoms with E-state index in [4.69, 9.17) is 14.1 Å². The molecule has 0 bridgehead atoms. The van der Waals surface area contributed by atoms with Crippen molar-refractivity contribution in [3.05, 3.63) is 48.4 Å². The third-order valence-electron chi connectivity index (χ3n) is 4.55. The van der Waals surface area contributed by atoms with E-state index in [0.717, 1.165) is 63.2 Å². The predicted molar refractivity (Wildman–Crippen MR) is 105 cm³/mol. The number of hydrogen-bond acceptors (Lipinski definition) is 4. The van der Waals surface area contributed by atoms with Crippen LogP contribution in [0.2, 0.25) is 0 Å². The van der Waals surface area contributed by atoms with Gasteiger partial charge in [-0.05, 0) is 43.3 Å². The fraction of sp³-hybridized carbons (Fsp3) is 0.450. The molecule has 0 atom stereocenters. The molecule has 1 N–H and O–H groups in total. The summed E-state index contributed by atoms with van der Waals surface area (Å²) >= 11 is 0. The molecule has 1 fully saturated rings. The number of aliphatic imine (C=N–C) groups is 1. The standard InChI is InChI=1S/C20H28N4O2/c1-3-21-20(22-11-10-19-5-4-16-26-19)24-14-12-23(13-15-24)17-6-8-18(25-2)9-7-17/h4-9,16H,3,10-15H2,1-2H3,(H,21,22). The minimum Gasteiger partial charge on any atom is -0.497 e. The normalized spacial score (nSPS) is 15.2. The van der Waals surface area contributed by atoms with Gasteiger partial charge in [-0.1, -0.05) is 0 Å². The second-order valence-electron chi connectivity index (χ2n) is 6.24. The van der Waals surface area contributed by atoms with E-state index in [1.807, 2.05) is 24.3 Å². The highest BCUT2D eigenvalue weighted by Gasteiger charge is 2.19. The van der Waals surface area contributed by atoms with Crippen LogP contribution in [-0.2, 0) is 6.42 Å². The van der Waals surface area contributed by atoms with E-state index in [-0.39, 0.29) is 0 Å². The second kappa shape index (κ2) is 9.17. The van der Waals surface area contributed by atoms with Gasteiger partial charge < -0.3 is 24.3 Å². The van der Waals surface area contributed by atoms with E-state index < -0.39 is 0 Å². The van der Waals surface area contributed by atoms with Crippen LogP contribution in [-0.4, -0.2) is 57.2 Å². The van der Waals surface area contributed by atoms with Crippen molar-refractivity contribution < 1.29 is 9.15 Å². The lowest BCUT2D eigenvalue weighted by atomic mass is 10.2. The molecule has 0 unspecified atom stereocenters. The average molecular weight is 356 g/mol. The van der Waals surface area contributed by atoms with Crippen LogP contribution in [0.4, 0.5) is 5.69 Å². The minimum absolute atomic E-state index is 0.731. The number of piperazine rings is 1. The highest BCUT2D eigenvalue weighted by molar-refractivity contribution is 5.80. The number of rotatable bonds is 6. The van der Waals surface area contributed by atoms with Crippen molar-refractivity contribution in [3.8, 4) is 5.75 Å². The number of benzene rings is 1. The largest absolute Gasteiger partial charge is 0.497 e. The zero-order valence-corrected chi connectivity index (χ0v) is 15.6. The highest BCUT2D eigenvalue weighted by atomic mass is 16.5. The summed E-state index contributed by atoms with van der Waals surface area (Å²) < 4.78 is 10.6. The Bertz CT molecular complexity index is 674. The molecule has 6 heteroatoms. The van der Waals surface area contributed by atoms with E-state index in [1.165, 1.54) is 5.69 Å². The maximum Gasteiger partial charge on any atom is 0.194 e. The third kappa shape index (κ3) is 4.71. The van der Waals surface area contributed by atoms with Gasteiger partial charge in [-0.3, -0.25) is 4.99 Å². The van der Waals surface area contributed by atoms with Crippen molar-refractivity contribution in [3.63, 3.8) is 0 Å². The monoisotopic (exact) mass is 356 g/mol. The Labute approximate surface area is 155 Å². The Morgan fingerprint density at radius 2 is 1.92 bits per heavy atom. The van der Waals surface area contributed by atoms with Crippen molar-refractivity contribution in [2.45, 2.75) is 13.3 Å². The molecule has 0 spiro atoms. The van der Waals surface area contributed by atoms with Gasteiger partial charge in [0.2, 0.25) is 0 Å². The smallest absolute Gasteiger partial charge is 0.194 e. The van der Waals surface area contributed by atoms with Gasteiger partial charge in [0.15, 0.2) is 5.96 Å². The number of hydrogen-bond donors (Lipinski definition) is 1. The summed E-state index contributed by atoms with van der Waals surface area (Å²) in [6, 6.07) is 12.2. The molecule has 26 heavy (non-hydrogen) atoms. The summed E-state index contributed by atoms with van der Waals surface area (Å²) in [5.74, 6) is 2.87. The summed E-state index contributed by atoms with van der Waals surface area (Å²) in [5, 5.41) is 3.41. The van der Waals surface area contributed by atoms with Crippen LogP contribution in [0.1, 0.15) is 12.7 Å². The Balaban J connectivity index is 1.54. The van der Waals surface area contributed by atoms with E-state index >= 15 is 0 Å². The Hall–Kier alpha value is -2.63. The van der Waals surface area contributed by atoms with E-state index in [0.29, 0.717) is 0 Å². The molecule has 1 aliphatic rings. The Morgan fingerprint density at radius 3 is 2.54 bits per heavy atom. The van der Waals surface area contributed by atoms with Crippen LogP contribution in [0, 0.1) is 0 Å². The number of methoxy groups -OCH3 is 1. The summed E-state index contributed by atoms with van der Waals surface area (Å²) in [6.45, 7) is 7.59. The molecule has 2 aromatic rings. The average Bonchev–Trinajstić information content (AvgIpc) is 3.21. The van der Waals surface area contributed by atoms with Crippen LogP contribution >= 0.6 is 0 Å². The molecular weight excluding hydrogens is 328 g/mol. The van der Waals surface area contributed by atoms with Crippen LogP contribution in [0.25, 0.3) is 0 Å². The van der Waals surface area contributed by atoms with Gasteiger partial charge in [0, 0.05) is 51.4 Å². The summed E-state index contributed by atoms with van der Waals surface area (Å²) in [5.41, 5.74) is 1.24. The Kier molecular flexibility index (Phi) is 6.41. The Morgan fingerprint density at radius 1 is 1.15 bits per heavy atom. The molecular formula is C20H28N4O2. The summed E-state index contributed by atoms with van der Waals surface area (Å²) in [4.78, 5) is 9.51. The number of nitrogens with one attached hydrogen (secondary N) is 1. The number of furan rings is 1. The maximum absolute atomic E-state index is 5.38. The lowest BCUT2D eigenvalue weighted by molar-refractivity contribution is 0.372. The van der Waals surface area contributed by atoms with Crippen LogP contribution in [0.5, 0.6) is 5.75 Å². The van der Waals surface area contributed by atoms with Crippen molar-refractivity contribution >= 4 is 11.6 Å². The van der Waals surface area contributed by atoms with E-state index in [2.05, 4.69) is 34.2 Å². The molecule has 1 aliphatic heterocycles. The first-order valence-electron chi connectivity index (χ1n) is 9.25. The first-order valence-corrected chi connectivity index (χ1v) is 9.25. The van der Waals surface area contributed by atoms with Crippen molar-refractivity contribution in [1.29, 1.82) is 0 Å². The van der Waals surface area contributed by atoms with Gasteiger partial charge in [0.05, 0.1) is 13.4 Å². The van der Waals surface area contributed by atoms with Gasteiger partial charge in [0.25, 0.3) is 0 Å². The first-order chi connectivity index (χ1) is 12.8. The van der Waals surface area contributed by atoms with Gasteiger partial charge in [0.1, 0.15) is 11.5 Å².